The average Bonchev–Trinajstić information content (AvgIpc) is 2.62. The normalized spacial score (nSPS) is 19.8. The third-order valence-corrected chi connectivity index (χ3v) is 4.58. The van der Waals surface area contributed by atoms with Crippen LogP contribution < -0.4 is 10.1 Å². The van der Waals surface area contributed by atoms with Crippen LogP contribution in [-0.4, -0.2) is 36.3 Å². The predicted molar refractivity (Wildman–Crippen MR) is 95.9 cm³/mol. The van der Waals surface area contributed by atoms with Crippen molar-refractivity contribution in [3.8, 4) is 5.75 Å². The van der Waals surface area contributed by atoms with Crippen LogP contribution in [0.15, 0.2) is 36.5 Å². The minimum atomic E-state index is -0.488. The third kappa shape index (κ3) is 4.71. The number of pyridine rings is 1. The van der Waals surface area contributed by atoms with E-state index in [9.17, 15) is 9.18 Å². The Labute approximate surface area is 156 Å². The molecule has 2 aromatic rings. The standard InChI is InChI=1S/C19H20ClFN2O3/c1-12-5-6-13(10-22-12)26-18-11-25-8-7-17(18)23-19(24)9-14-15(20)3-2-4-16(14)21/h2-6,10,17-18H,7-9,11H2,1H3,(H,23,24)/t17-,18+/m0/s1. The summed E-state index contributed by atoms with van der Waals surface area (Å²) < 4.78 is 25.3. The smallest absolute Gasteiger partial charge is 0.224 e. The number of halogens is 2. The van der Waals surface area contributed by atoms with Crippen LogP contribution in [0.3, 0.4) is 0 Å². The second kappa shape index (κ2) is 8.47. The van der Waals surface area contributed by atoms with Gasteiger partial charge in [-0.1, -0.05) is 17.7 Å². The van der Waals surface area contributed by atoms with Gasteiger partial charge in [-0.25, -0.2) is 4.39 Å². The summed E-state index contributed by atoms with van der Waals surface area (Å²) >= 11 is 5.99. The van der Waals surface area contributed by atoms with Crippen molar-refractivity contribution in [3.05, 3.63) is 58.6 Å². The molecule has 0 saturated carbocycles. The molecule has 0 spiro atoms. The number of ether oxygens (including phenoxy) is 2. The van der Waals surface area contributed by atoms with E-state index in [2.05, 4.69) is 10.3 Å². The van der Waals surface area contributed by atoms with E-state index < -0.39 is 5.82 Å². The molecule has 1 aliphatic heterocycles. The van der Waals surface area contributed by atoms with Crippen molar-refractivity contribution in [2.45, 2.75) is 31.9 Å². The van der Waals surface area contributed by atoms with Gasteiger partial charge in [0.1, 0.15) is 17.7 Å². The SMILES string of the molecule is Cc1ccc(O[C@@H]2COCC[C@@H]2NC(=O)Cc2c(F)cccc2Cl)cn1. The van der Waals surface area contributed by atoms with Crippen LogP contribution in [0.5, 0.6) is 5.75 Å². The van der Waals surface area contributed by atoms with Crippen molar-refractivity contribution in [3.63, 3.8) is 0 Å². The average molecular weight is 379 g/mol. The number of amides is 1. The summed E-state index contributed by atoms with van der Waals surface area (Å²) in [6.07, 6.45) is 1.79. The third-order valence-electron chi connectivity index (χ3n) is 4.22. The summed E-state index contributed by atoms with van der Waals surface area (Å²) in [5.74, 6) is -0.180. The van der Waals surface area contributed by atoms with Crippen LogP contribution in [0.4, 0.5) is 4.39 Å². The van der Waals surface area contributed by atoms with Crippen LogP contribution in [0.1, 0.15) is 17.7 Å². The number of nitrogens with one attached hydrogen (secondary N) is 1. The van der Waals surface area contributed by atoms with Gasteiger partial charge >= 0.3 is 0 Å². The number of carbonyl (C=O) groups is 1. The molecular weight excluding hydrogens is 359 g/mol. The van der Waals surface area contributed by atoms with Crippen LogP contribution in [0.2, 0.25) is 5.02 Å². The molecule has 2 heterocycles. The molecular formula is C19H20ClFN2O3. The zero-order valence-electron chi connectivity index (χ0n) is 14.4. The first-order chi connectivity index (χ1) is 12.5. The number of aryl methyl sites for hydroxylation is 1. The van der Waals surface area contributed by atoms with Crippen LogP contribution >= 0.6 is 11.6 Å². The fourth-order valence-corrected chi connectivity index (χ4v) is 3.04. The van der Waals surface area contributed by atoms with Gasteiger partial charge in [-0.2, -0.15) is 0 Å². The minimum absolute atomic E-state index is 0.123. The Kier molecular flexibility index (Phi) is 6.06. The number of aromatic nitrogens is 1. The van der Waals surface area contributed by atoms with Crippen molar-refractivity contribution in [1.82, 2.24) is 10.3 Å². The second-order valence-electron chi connectivity index (χ2n) is 6.21. The highest BCUT2D eigenvalue weighted by Gasteiger charge is 2.29. The number of nitrogens with zero attached hydrogens (tertiary/aromatic N) is 1. The van der Waals surface area contributed by atoms with Gasteiger partial charge < -0.3 is 14.8 Å². The first-order valence-corrected chi connectivity index (χ1v) is 8.80. The molecule has 0 radical (unpaired) electrons. The maximum absolute atomic E-state index is 13.9. The lowest BCUT2D eigenvalue weighted by atomic mass is 10.0. The van der Waals surface area contributed by atoms with Crippen LogP contribution in [0, 0.1) is 12.7 Å². The minimum Gasteiger partial charge on any atom is -0.484 e. The molecule has 1 aliphatic rings. The van der Waals surface area contributed by atoms with Crippen molar-refractivity contribution < 1.29 is 18.7 Å². The van der Waals surface area contributed by atoms with Gasteiger partial charge in [-0.15, -0.1) is 0 Å². The van der Waals surface area contributed by atoms with Gasteiger partial charge in [0, 0.05) is 22.9 Å². The first kappa shape index (κ1) is 18.6. The van der Waals surface area contributed by atoms with Gasteiger partial charge in [0.2, 0.25) is 5.91 Å². The van der Waals surface area contributed by atoms with Crippen LogP contribution in [0.25, 0.3) is 0 Å². The lowest BCUT2D eigenvalue weighted by Gasteiger charge is -2.32. The molecule has 1 aromatic heterocycles. The molecule has 2 atom stereocenters. The predicted octanol–water partition coefficient (Wildman–Crippen LogP) is 3.08. The molecule has 26 heavy (non-hydrogen) atoms. The van der Waals surface area contributed by atoms with Gasteiger partial charge in [-0.05, 0) is 37.6 Å². The summed E-state index contributed by atoms with van der Waals surface area (Å²) in [6.45, 7) is 2.78. The van der Waals surface area contributed by atoms with Crippen LogP contribution in [-0.2, 0) is 16.0 Å². The lowest BCUT2D eigenvalue weighted by molar-refractivity contribution is -0.123. The molecule has 7 heteroatoms. The molecule has 1 amide bonds. The topological polar surface area (TPSA) is 60.5 Å². The van der Waals surface area contributed by atoms with Gasteiger partial charge in [0.25, 0.3) is 0 Å². The molecule has 0 aliphatic carbocycles. The first-order valence-electron chi connectivity index (χ1n) is 8.42. The molecule has 1 N–H and O–H groups in total. The Morgan fingerprint density at radius 2 is 2.27 bits per heavy atom. The molecule has 1 saturated heterocycles. The highest BCUT2D eigenvalue weighted by atomic mass is 35.5. The molecule has 3 rings (SSSR count). The molecule has 0 bridgehead atoms. The van der Waals surface area contributed by atoms with E-state index in [0.717, 1.165) is 5.69 Å². The number of carbonyl (C=O) groups excluding carboxylic acids is 1. The summed E-state index contributed by atoms with van der Waals surface area (Å²) in [4.78, 5) is 16.6. The number of rotatable bonds is 5. The summed E-state index contributed by atoms with van der Waals surface area (Å²) in [6, 6.07) is 7.82. The summed E-state index contributed by atoms with van der Waals surface area (Å²) in [5, 5.41) is 3.16. The Bertz CT molecular complexity index is 750. The van der Waals surface area contributed by atoms with Gasteiger partial charge in [0.05, 0.1) is 25.3 Å². The van der Waals surface area contributed by atoms with Gasteiger partial charge in [0.15, 0.2) is 0 Å². The van der Waals surface area contributed by atoms with Crippen molar-refractivity contribution in [1.29, 1.82) is 0 Å². The Balaban J connectivity index is 1.64. The molecule has 1 fully saturated rings. The van der Waals surface area contributed by atoms with E-state index in [1.54, 1.807) is 12.3 Å². The highest BCUT2D eigenvalue weighted by molar-refractivity contribution is 6.31. The van der Waals surface area contributed by atoms with E-state index >= 15 is 0 Å². The molecule has 0 unspecified atom stereocenters. The Hall–Kier alpha value is -2.18. The largest absolute Gasteiger partial charge is 0.484 e. The van der Waals surface area contributed by atoms with E-state index in [1.807, 2.05) is 19.1 Å². The number of hydrogen-bond donors (Lipinski definition) is 1. The maximum Gasteiger partial charge on any atom is 0.224 e. The number of hydrogen-bond acceptors (Lipinski definition) is 4. The Morgan fingerprint density at radius 1 is 1.42 bits per heavy atom. The van der Waals surface area contributed by atoms with Crippen molar-refractivity contribution in [2.75, 3.05) is 13.2 Å². The fraction of sp³-hybridized carbons (Fsp3) is 0.368. The fourth-order valence-electron chi connectivity index (χ4n) is 2.81. The second-order valence-corrected chi connectivity index (χ2v) is 6.61. The molecule has 138 valence electrons. The molecule has 5 nitrogen and oxygen atoms in total. The monoisotopic (exact) mass is 378 g/mol. The van der Waals surface area contributed by atoms with Crippen molar-refractivity contribution in [2.24, 2.45) is 0 Å². The number of benzene rings is 1. The lowest BCUT2D eigenvalue weighted by Crippen LogP contribution is -2.51. The van der Waals surface area contributed by atoms with E-state index in [1.165, 1.54) is 12.1 Å². The van der Waals surface area contributed by atoms with Gasteiger partial charge in [-0.3, -0.25) is 9.78 Å². The zero-order chi connectivity index (χ0) is 18.5. The zero-order valence-corrected chi connectivity index (χ0v) is 15.1. The van der Waals surface area contributed by atoms with E-state index in [-0.39, 0.29) is 35.1 Å². The maximum atomic E-state index is 13.9. The van der Waals surface area contributed by atoms with E-state index in [0.29, 0.717) is 25.4 Å². The Morgan fingerprint density at radius 3 is 3.00 bits per heavy atom. The summed E-state index contributed by atoms with van der Waals surface area (Å²) in [7, 11) is 0. The van der Waals surface area contributed by atoms with E-state index in [4.69, 9.17) is 21.1 Å². The highest BCUT2D eigenvalue weighted by Crippen LogP contribution is 2.21. The summed E-state index contributed by atoms with van der Waals surface area (Å²) in [5.41, 5.74) is 1.09. The molecule has 1 aromatic carbocycles. The van der Waals surface area contributed by atoms with Crippen molar-refractivity contribution >= 4 is 17.5 Å². The quantitative estimate of drug-likeness (QED) is 0.868.